The van der Waals surface area contributed by atoms with Crippen molar-refractivity contribution < 1.29 is 19.1 Å². The van der Waals surface area contributed by atoms with E-state index >= 15 is 0 Å². The van der Waals surface area contributed by atoms with Crippen molar-refractivity contribution in [1.29, 1.82) is 0 Å². The molecule has 0 aromatic rings. The van der Waals surface area contributed by atoms with E-state index in [-0.39, 0.29) is 18.0 Å². The molecule has 2 rings (SSSR count). The monoisotopic (exact) mass is 292 g/mol. The molecule has 4 nitrogen and oxygen atoms in total. The lowest BCUT2D eigenvalue weighted by Gasteiger charge is -2.44. The van der Waals surface area contributed by atoms with Gasteiger partial charge in [0.2, 0.25) is 0 Å². The van der Waals surface area contributed by atoms with Crippen molar-refractivity contribution in [3.63, 3.8) is 0 Å². The zero-order valence-electron chi connectivity index (χ0n) is 12.9. The van der Waals surface area contributed by atoms with Crippen LogP contribution < -0.4 is 0 Å². The third-order valence-electron chi connectivity index (χ3n) is 4.60. The predicted molar refractivity (Wildman–Crippen MR) is 79.5 cm³/mol. The second kappa shape index (κ2) is 6.04. The summed E-state index contributed by atoms with van der Waals surface area (Å²) in [7, 11) is 0. The molecule has 0 bridgehead atoms. The van der Waals surface area contributed by atoms with Gasteiger partial charge in [-0.15, -0.1) is 0 Å². The Morgan fingerprint density at radius 1 is 1.00 bits per heavy atom. The van der Waals surface area contributed by atoms with Crippen LogP contribution in [0.15, 0.2) is 24.3 Å². The first kappa shape index (κ1) is 15.8. The van der Waals surface area contributed by atoms with Crippen LogP contribution in [0, 0.1) is 5.92 Å². The summed E-state index contributed by atoms with van der Waals surface area (Å²) < 4.78 is 11.4. The molecule has 116 valence electrons. The van der Waals surface area contributed by atoms with Crippen molar-refractivity contribution in [2.75, 3.05) is 0 Å². The fourth-order valence-corrected chi connectivity index (χ4v) is 3.53. The Bertz CT molecular complexity index is 479. The van der Waals surface area contributed by atoms with Crippen LogP contribution in [0.25, 0.3) is 0 Å². The minimum absolute atomic E-state index is 0.275. The van der Waals surface area contributed by atoms with Gasteiger partial charge in [0.25, 0.3) is 0 Å². The Balaban J connectivity index is 2.24. The summed E-state index contributed by atoms with van der Waals surface area (Å²) in [6.07, 6.45) is 5.14. The van der Waals surface area contributed by atoms with E-state index in [0.717, 1.165) is 38.5 Å². The van der Waals surface area contributed by atoms with Crippen LogP contribution >= 0.6 is 0 Å². The minimum atomic E-state index is -0.667. The van der Waals surface area contributed by atoms with Crippen molar-refractivity contribution in [3.8, 4) is 0 Å². The standard InChI is InChI=1S/C17H24O4/c1-11(2)15(18)20-14-9-5-7-13-8-6-10-17(13,14)21-16(19)12(3)4/h13-14H,1,3,5-10H2,2,4H3. The van der Waals surface area contributed by atoms with Crippen LogP contribution in [0.4, 0.5) is 0 Å². The molecule has 2 aliphatic rings. The molecule has 2 saturated carbocycles. The van der Waals surface area contributed by atoms with Crippen molar-refractivity contribution in [3.05, 3.63) is 24.3 Å². The zero-order chi connectivity index (χ0) is 15.6. The Labute approximate surface area is 126 Å². The van der Waals surface area contributed by atoms with E-state index in [1.54, 1.807) is 13.8 Å². The topological polar surface area (TPSA) is 52.6 Å². The number of hydrogen-bond acceptors (Lipinski definition) is 4. The van der Waals surface area contributed by atoms with E-state index in [1.807, 2.05) is 0 Å². The molecule has 21 heavy (non-hydrogen) atoms. The first-order valence-electron chi connectivity index (χ1n) is 7.62. The molecule has 0 spiro atoms. The molecule has 0 N–H and O–H groups in total. The Kier molecular flexibility index (Phi) is 4.55. The van der Waals surface area contributed by atoms with Crippen LogP contribution in [-0.4, -0.2) is 23.6 Å². The summed E-state index contributed by atoms with van der Waals surface area (Å²) in [6.45, 7) is 10.5. The van der Waals surface area contributed by atoms with Crippen molar-refractivity contribution >= 4 is 11.9 Å². The first-order chi connectivity index (χ1) is 9.86. The summed E-state index contributed by atoms with van der Waals surface area (Å²) >= 11 is 0. The average Bonchev–Trinajstić information content (AvgIpc) is 2.83. The summed E-state index contributed by atoms with van der Waals surface area (Å²) in [4.78, 5) is 23.9. The zero-order valence-corrected chi connectivity index (χ0v) is 12.9. The molecule has 3 unspecified atom stereocenters. The molecule has 0 radical (unpaired) electrons. The van der Waals surface area contributed by atoms with Crippen LogP contribution in [0.3, 0.4) is 0 Å². The lowest BCUT2D eigenvalue weighted by molar-refractivity contribution is -0.196. The summed E-state index contributed by atoms with van der Waals surface area (Å²) in [5.74, 6) is -0.518. The second-order valence-corrected chi connectivity index (χ2v) is 6.32. The van der Waals surface area contributed by atoms with E-state index < -0.39 is 11.6 Å². The second-order valence-electron chi connectivity index (χ2n) is 6.32. The fraction of sp³-hybridized carbons (Fsp3) is 0.647. The number of esters is 2. The average molecular weight is 292 g/mol. The lowest BCUT2D eigenvalue weighted by atomic mass is 9.75. The summed E-state index contributed by atoms with van der Waals surface area (Å²) in [6, 6.07) is 0. The fourth-order valence-electron chi connectivity index (χ4n) is 3.53. The van der Waals surface area contributed by atoms with Gasteiger partial charge in [-0.05, 0) is 52.4 Å². The molecule has 2 fully saturated rings. The van der Waals surface area contributed by atoms with E-state index in [4.69, 9.17) is 9.47 Å². The highest BCUT2D eigenvalue weighted by Gasteiger charge is 2.55. The van der Waals surface area contributed by atoms with Gasteiger partial charge in [-0.1, -0.05) is 13.2 Å². The number of rotatable bonds is 4. The number of ether oxygens (including phenoxy) is 2. The molecule has 4 heteroatoms. The smallest absolute Gasteiger partial charge is 0.333 e. The summed E-state index contributed by atoms with van der Waals surface area (Å²) in [5, 5.41) is 0. The number of carbonyl (C=O) groups is 2. The van der Waals surface area contributed by atoms with Gasteiger partial charge >= 0.3 is 11.9 Å². The molecule has 0 aliphatic heterocycles. The maximum atomic E-state index is 12.0. The van der Waals surface area contributed by atoms with Gasteiger partial charge in [0.05, 0.1) is 0 Å². The molecule has 3 atom stereocenters. The van der Waals surface area contributed by atoms with Crippen molar-refractivity contribution in [2.45, 2.75) is 64.1 Å². The first-order valence-corrected chi connectivity index (χ1v) is 7.62. The van der Waals surface area contributed by atoms with Gasteiger partial charge in [-0.2, -0.15) is 0 Å². The Hall–Kier alpha value is -1.58. The molecule has 0 aromatic carbocycles. The third kappa shape index (κ3) is 3.04. The van der Waals surface area contributed by atoms with Crippen molar-refractivity contribution in [1.82, 2.24) is 0 Å². The van der Waals surface area contributed by atoms with Gasteiger partial charge in [0.1, 0.15) is 6.10 Å². The highest BCUT2D eigenvalue weighted by atomic mass is 16.6. The number of hydrogen-bond donors (Lipinski definition) is 0. The predicted octanol–water partition coefficient (Wildman–Crippen LogP) is 3.32. The maximum Gasteiger partial charge on any atom is 0.333 e. The van der Waals surface area contributed by atoms with E-state index in [0.29, 0.717) is 11.1 Å². The molecular formula is C17H24O4. The normalized spacial score (nSPS) is 31.1. The molecule has 0 aromatic heterocycles. The highest BCUT2D eigenvalue weighted by Crippen LogP contribution is 2.49. The van der Waals surface area contributed by atoms with Gasteiger partial charge in [0.15, 0.2) is 5.60 Å². The SMILES string of the molecule is C=C(C)C(=O)OC1CCCC2CCCC21OC(=O)C(=C)C. The largest absolute Gasteiger partial charge is 0.455 e. The van der Waals surface area contributed by atoms with Crippen LogP contribution in [0.2, 0.25) is 0 Å². The summed E-state index contributed by atoms with van der Waals surface area (Å²) in [5.41, 5.74) is 0.0847. The highest BCUT2D eigenvalue weighted by molar-refractivity contribution is 5.88. The molecule has 0 amide bonds. The van der Waals surface area contributed by atoms with Gasteiger partial charge in [-0.3, -0.25) is 0 Å². The van der Waals surface area contributed by atoms with E-state index in [1.165, 1.54) is 0 Å². The lowest BCUT2D eigenvalue weighted by Crippen LogP contribution is -2.53. The molecule has 0 heterocycles. The van der Waals surface area contributed by atoms with Crippen molar-refractivity contribution in [2.24, 2.45) is 5.92 Å². The van der Waals surface area contributed by atoms with E-state index in [2.05, 4.69) is 13.2 Å². The van der Waals surface area contributed by atoms with E-state index in [9.17, 15) is 9.59 Å². The molecular weight excluding hydrogens is 268 g/mol. The van der Waals surface area contributed by atoms with Gasteiger partial charge < -0.3 is 9.47 Å². The van der Waals surface area contributed by atoms with Crippen LogP contribution in [0.1, 0.15) is 52.4 Å². The molecule has 2 aliphatic carbocycles. The third-order valence-corrected chi connectivity index (χ3v) is 4.60. The van der Waals surface area contributed by atoms with Gasteiger partial charge in [0, 0.05) is 17.1 Å². The van der Waals surface area contributed by atoms with Crippen LogP contribution in [0.5, 0.6) is 0 Å². The number of carbonyl (C=O) groups excluding carboxylic acids is 2. The molecule has 0 saturated heterocycles. The Morgan fingerprint density at radius 2 is 1.62 bits per heavy atom. The Morgan fingerprint density at radius 3 is 2.24 bits per heavy atom. The maximum absolute atomic E-state index is 12.0. The van der Waals surface area contributed by atoms with Crippen LogP contribution in [-0.2, 0) is 19.1 Å². The number of fused-ring (bicyclic) bond motifs is 1. The van der Waals surface area contributed by atoms with Gasteiger partial charge in [-0.25, -0.2) is 9.59 Å². The quantitative estimate of drug-likeness (QED) is 0.589. The minimum Gasteiger partial charge on any atom is -0.455 e.